The molecule has 1 aliphatic heterocycles. The molecule has 6 rings (SSSR count). The van der Waals surface area contributed by atoms with Crippen LogP contribution in [0.3, 0.4) is 0 Å². The zero-order valence-electron chi connectivity index (χ0n) is 19.4. The number of aryl methyl sites for hydroxylation is 1. The molecule has 2 aromatic heterocycles. The van der Waals surface area contributed by atoms with Crippen LogP contribution in [0.25, 0.3) is 22.1 Å². The molecule has 0 radical (unpaired) electrons. The van der Waals surface area contributed by atoms with Crippen molar-refractivity contribution in [3.05, 3.63) is 89.7 Å². The maximum Gasteiger partial charge on any atom is 0.329 e. The first kappa shape index (κ1) is 23.6. The Balaban J connectivity index is 1.43. The first-order chi connectivity index (χ1) is 17.3. The zero-order valence-corrected chi connectivity index (χ0v) is 23.7. The van der Waals surface area contributed by atoms with Crippen molar-refractivity contribution in [2.24, 2.45) is 10.2 Å². The second kappa shape index (κ2) is 8.98. The van der Waals surface area contributed by atoms with Gasteiger partial charge in [0.1, 0.15) is 11.6 Å². The molecular formula is C26H22I2N6O2. The summed E-state index contributed by atoms with van der Waals surface area (Å²) in [5, 5.41) is 18.5. The van der Waals surface area contributed by atoms with Gasteiger partial charge in [0.15, 0.2) is 5.66 Å². The Bertz CT molecular complexity index is 1700. The van der Waals surface area contributed by atoms with E-state index in [0.29, 0.717) is 13.1 Å². The van der Waals surface area contributed by atoms with Crippen LogP contribution in [0.2, 0.25) is 0 Å². The minimum Gasteiger partial charge on any atom is -0.506 e. The smallest absolute Gasteiger partial charge is 0.329 e. The molecule has 1 aliphatic rings. The molecule has 0 atom stereocenters. The van der Waals surface area contributed by atoms with Gasteiger partial charge in [-0.05, 0) is 94.1 Å². The van der Waals surface area contributed by atoms with Crippen molar-refractivity contribution < 1.29 is 5.11 Å². The van der Waals surface area contributed by atoms with Gasteiger partial charge in [0.05, 0.1) is 42.3 Å². The van der Waals surface area contributed by atoms with Crippen LogP contribution in [0.4, 0.5) is 0 Å². The minimum absolute atomic E-state index is 0.0907. The van der Waals surface area contributed by atoms with Crippen LogP contribution in [-0.2, 0) is 19.6 Å². The lowest BCUT2D eigenvalue weighted by Gasteiger charge is -2.11. The van der Waals surface area contributed by atoms with Crippen LogP contribution in [0.15, 0.2) is 75.7 Å². The highest BCUT2D eigenvalue weighted by Crippen LogP contribution is 2.32. The first-order valence-electron chi connectivity index (χ1n) is 11.6. The molecule has 3 aromatic carbocycles. The number of imidazole rings is 2. The third-order valence-electron chi connectivity index (χ3n) is 6.63. The van der Waals surface area contributed by atoms with Gasteiger partial charge in [0.2, 0.25) is 0 Å². The number of aromatic nitrogens is 4. The summed E-state index contributed by atoms with van der Waals surface area (Å²) >= 11 is 4.24. The Kier molecular flexibility index (Phi) is 5.90. The van der Waals surface area contributed by atoms with Crippen LogP contribution in [0, 0.1) is 7.14 Å². The van der Waals surface area contributed by atoms with Crippen LogP contribution in [0.1, 0.15) is 24.7 Å². The van der Waals surface area contributed by atoms with E-state index in [2.05, 4.69) is 66.0 Å². The van der Waals surface area contributed by atoms with Gasteiger partial charge < -0.3 is 9.67 Å². The molecule has 5 aromatic rings. The van der Waals surface area contributed by atoms with Gasteiger partial charge in [-0.1, -0.05) is 24.3 Å². The van der Waals surface area contributed by atoms with Crippen molar-refractivity contribution in [3.8, 4) is 5.75 Å². The van der Waals surface area contributed by atoms with Crippen molar-refractivity contribution in [2.45, 2.75) is 38.6 Å². The van der Waals surface area contributed by atoms with E-state index >= 15 is 0 Å². The number of fused-ring (bicyclic) bond motifs is 2. The van der Waals surface area contributed by atoms with E-state index in [4.69, 9.17) is 4.98 Å². The van der Waals surface area contributed by atoms with Gasteiger partial charge in [0, 0.05) is 13.0 Å². The van der Waals surface area contributed by atoms with E-state index in [1.807, 2.05) is 61.5 Å². The van der Waals surface area contributed by atoms with Crippen LogP contribution >= 0.6 is 45.2 Å². The van der Waals surface area contributed by atoms with Crippen molar-refractivity contribution in [1.29, 1.82) is 0 Å². The normalized spacial score (nSPS) is 14.2. The standard InChI is InChI=1S/C26H22I2N6O2/c1-26(30-31-26)10-11-32-20-7-3-2-6-19(20)29-23(32)15-34-22-9-5-4-8-21(22)33(25(34)36)14-16-12-17(27)24(35)18(28)13-16/h2-9,12-13,35H,10-11,14-15H2,1H3/i27-2,28-2. The van der Waals surface area contributed by atoms with Crippen molar-refractivity contribution in [3.63, 3.8) is 0 Å². The maximum atomic E-state index is 13.8. The molecule has 1 N–H and O–H groups in total. The summed E-state index contributed by atoms with van der Waals surface area (Å²) < 4.78 is 7.32. The molecule has 3 heterocycles. The van der Waals surface area contributed by atoms with E-state index in [-0.39, 0.29) is 17.1 Å². The summed E-state index contributed by atoms with van der Waals surface area (Å²) in [6.07, 6.45) is 0.787. The monoisotopic (exact) mass is 700 g/mol. The number of rotatable bonds is 7. The van der Waals surface area contributed by atoms with Crippen molar-refractivity contribution in [2.75, 3.05) is 0 Å². The van der Waals surface area contributed by atoms with Crippen LogP contribution < -0.4 is 5.69 Å². The summed E-state index contributed by atoms with van der Waals surface area (Å²) in [6.45, 7) is 3.51. The Morgan fingerprint density at radius 2 is 1.44 bits per heavy atom. The zero-order chi connectivity index (χ0) is 25.0. The summed E-state index contributed by atoms with van der Waals surface area (Å²) in [5.41, 5.74) is 4.24. The lowest BCUT2D eigenvalue weighted by Crippen LogP contribution is -2.26. The third-order valence-corrected chi connectivity index (χ3v) is 8.27. The highest BCUT2D eigenvalue weighted by molar-refractivity contribution is 14.1. The lowest BCUT2D eigenvalue weighted by molar-refractivity contribution is 0.467. The number of para-hydroxylation sites is 4. The molecule has 0 amide bonds. The Labute approximate surface area is 234 Å². The molecular weight excluding hydrogens is 678 g/mol. The molecule has 182 valence electrons. The Morgan fingerprint density at radius 1 is 0.861 bits per heavy atom. The van der Waals surface area contributed by atoms with Gasteiger partial charge in [0.25, 0.3) is 0 Å². The third kappa shape index (κ3) is 4.23. The average molecular weight is 700 g/mol. The molecule has 0 saturated carbocycles. The van der Waals surface area contributed by atoms with E-state index in [0.717, 1.165) is 53.6 Å². The van der Waals surface area contributed by atoms with Gasteiger partial charge >= 0.3 is 5.69 Å². The fraction of sp³-hybridized carbons (Fsp3) is 0.231. The molecule has 36 heavy (non-hydrogen) atoms. The SMILES string of the molecule is CC1(CCn2c(Cn3c(=O)n(Cc4cc([125I])c(O)c([125I])c4)c4ccccc43)nc3ccccc32)N=N1. The number of hydrogen-bond donors (Lipinski definition) is 1. The fourth-order valence-corrected chi connectivity index (χ4v) is 6.51. The lowest BCUT2D eigenvalue weighted by atomic mass is 10.2. The highest BCUT2D eigenvalue weighted by atomic mass is 125. The molecule has 0 spiro atoms. The molecule has 0 saturated heterocycles. The van der Waals surface area contributed by atoms with Gasteiger partial charge in [-0.25, -0.2) is 9.78 Å². The largest absolute Gasteiger partial charge is 0.506 e. The maximum absolute atomic E-state index is 13.8. The first-order valence-corrected chi connectivity index (χ1v) is 13.7. The van der Waals surface area contributed by atoms with E-state index < -0.39 is 0 Å². The van der Waals surface area contributed by atoms with Crippen molar-refractivity contribution >= 4 is 67.2 Å². The van der Waals surface area contributed by atoms with E-state index in [9.17, 15) is 9.90 Å². The molecule has 10 heteroatoms. The molecule has 0 aliphatic carbocycles. The van der Waals surface area contributed by atoms with Gasteiger partial charge in [-0.15, -0.1) is 0 Å². The highest BCUT2D eigenvalue weighted by Gasteiger charge is 2.33. The van der Waals surface area contributed by atoms with Crippen LogP contribution in [0.5, 0.6) is 5.75 Å². The van der Waals surface area contributed by atoms with Gasteiger partial charge in [-0.2, -0.15) is 10.2 Å². The number of hydrogen-bond acceptors (Lipinski definition) is 5. The van der Waals surface area contributed by atoms with E-state index in [1.165, 1.54) is 0 Å². The molecule has 0 bridgehead atoms. The summed E-state index contributed by atoms with van der Waals surface area (Å²) in [4.78, 5) is 18.7. The summed E-state index contributed by atoms with van der Waals surface area (Å²) in [7, 11) is 0. The molecule has 8 nitrogen and oxygen atoms in total. The minimum atomic E-state index is -0.311. The molecule has 0 fully saturated rings. The number of phenolic OH excluding ortho intramolecular Hbond substituents is 1. The summed E-state index contributed by atoms with van der Waals surface area (Å²) in [6, 6.07) is 19.8. The van der Waals surface area contributed by atoms with E-state index in [1.54, 1.807) is 9.13 Å². The second-order valence-corrected chi connectivity index (χ2v) is 11.5. The average Bonchev–Trinajstić information content (AvgIpc) is 3.42. The predicted octanol–water partition coefficient (Wildman–Crippen LogP) is 5.74. The number of phenols is 1. The van der Waals surface area contributed by atoms with Crippen molar-refractivity contribution in [1.82, 2.24) is 18.7 Å². The number of benzene rings is 3. The number of halogens is 2. The topological polar surface area (TPSA) is 89.7 Å². The number of aromatic hydroxyl groups is 1. The predicted molar refractivity (Wildman–Crippen MR) is 156 cm³/mol. The second-order valence-electron chi connectivity index (χ2n) is 9.19. The Morgan fingerprint density at radius 3 is 2.08 bits per heavy atom. The molecule has 0 unspecified atom stereocenters. The summed E-state index contributed by atoms with van der Waals surface area (Å²) in [5.74, 6) is 1.11. The quantitative estimate of drug-likeness (QED) is 0.220. The van der Waals surface area contributed by atoms with Crippen LogP contribution in [-0.4, -0.2) is 29.5 Å². The Hall–Kier alpha value is -2.74. The number of nitrogens with zero attached hydrogens (tertiary/aromatic N) is 6. The van der Waals surface area contributed by atoms with Gasteiger partial charge in [-0.3, -0.25) is 9.13 Å². The fourth-order valence-electron chi connectivity index (χ4n) is 4.62.